The molecule has 8 heteroatoms. The van der Waals surface area contributed by atoms with E-state index in [0.29, 0.717) is 50.6 Å². The molecule has 3 amide bonds. The number of rotatable bonds is 6. The fourth-order valence-corrected chi connectivity index (χ4v) is 3.50. The van der Waals surface area contributed by atoms with Crippen molar-refractivity contribution in [3.05, 3.63) is 24.3 Å². The molecule has 3 rings (SSSR count). The van der Waals surface area contributed by atoms with Crippen LogP contribution in [0.3, 0.4) is 0 Å². The SMILES string of the molecule is CCOc1ccccc1NC(=O)CCN1CCN2C(=O)CN(C)C(=O)[C@H]2C1. The highest BCUT2D eigenvalue weighted by Gasteiger charge is 2.41. The van der Waals surface area contributed by atoms with Crippen LogP contribution in [0, 0.1) is 0 Å². The van der Waals surface area contributed by atoms with Gasteiger partial charge in [0.15, 0.2) is 0 Å². The standard InChI is InChI=1S/C19H26N4O4/c1-3-27-16-7-5-4-6-14(16)20-17(24)8-9-22-10-11-23-15(12-22)19(26)21(2)13-18(23)25/h4-7,15H,3,8-13H2,1-2H3,(H,20,24)/t15-/m1/s1. The third-order valence-corrected chi connectivity index (χ3v) is 4.93. The van der Waals surface area contributed by atoms with Gasteiger partial charge in [0.25, 0.3) is 0 Å². The van der Waals surface area contributed by atoms with Gasteiger partial charge >= 0.3 is 0 Å². The summed E-state index contributed by atoms with van der Waals surface area (Å²) in [6.07, 6.45) is 0.311. The first-order chi connectivity index (χ1) is 13.0. The van der Waals surface area contributed by atoms with Crippen molar-refractivity contribution in [3.8, 4) is 5.75 Å². The Morgan fingerprint density at radius 2 is 2.04 bits per heavy atom. The van der Waals surface area contributed by atoms with E-state index in [0.717, 1.165) is 0 Å². The van der Waals surface area contributed by atoms with E-state index in [2.05, 4.69) is 10.2 Å². The Morgan fingerprint density at radius 3 is 2.81 bits per heavy atom. The van der Waals surface area contributed by atoms with E-state index in [1.54, 1.807) is 11.9 Å². The maximum absolute atomic E-state index is 12.3. The molecular formula is C19H26N4O4. The van der Waals surface area contributed by atoms with E-state index in [-0.39, 0.29) is 24.3 Å². The topological polar surface area (TPSA) is 82.2 Å². The summed E-state index contributed by atoms with van der Waals surface area (Å²) in [5.74, 6) is 0.505. The number of piperazine rings is 2. The second-order valence-corrected chi connectivity index (χ2v) is 6.83. The van der Waals surface area contributed by atoms with Gasteiger partial charge < -0.3 is 19.9 Å². The molecule has 1 atom stereocenters. The Balaban J connectivity index is 1.53. The molecule has 0 saturated carbocycles. The number of fused-ring (bicyclic) bond motifs is 1. The Bertz CT molecular complexity index is 723. The van der Waals surface area contributed by atoms with Crippen molar-refractivity contribution in [2.45, 2.75) is 19.4 Å². The first kappa shape index (κ1) is 19.2. The summed E-state index contributed by atoms with van der Waals surface area (Å²) < 4.78 is 5.52. The zero-order chi connectivity index (χ0) is 19.4. The number of hydrogen-bond donors (Lipinski definition) is 1. The maximum Gasteiger partial charge on any atom is 0.246 e. The molecule has 8 nitrogen and oxygen atoms in total. The fraction of sp³-hybridized carbons (Fsp3) is 0.526. The smallest absolute Gasteiger partial charge is 0.246 e. The van der Waals surface area contributed by atoms with Crippen LogP contribution < -0.4 is 10.1 Å². The number of likely N-dealkylation sites (N-methyl/N-ethyl adjacent to an activating group) is 1. The minimum atomic E-state index is -0.438. The average Bonchev–Trinajstić information content (AvgIpc) is 2.66. The third-order valence-electron chi connectivity index (χ3n) is 4.93. The van der Waals surface area contributed by atoms with Crippen LogP contribution in [-0.4, -0.2) is 84.8 Å². The van der Waals surface area contributed by atoms with E-state index in [9.17, 15) is 14.4 Å². The second kappa shape index (κ2) is 8.39. The van der Waals surface area contributed by atoms with Gasteiger partial charge in [0.1, 0.15) is 11.8 Å². The largest absolute Gasteiger partial charge is 0.492 e. The van der Waals surface area contributed by atoms with Gasteiger partial charge in [0.2, 0.25) is 17.7 Å². The highest BCUT2D eigenvalue weighted by molar-refractivity contribution is 5.95. The molecule has 2 fully saturated rings. The molecule has 0 radical (unpaired) electrons. The van der Waals surface area contributed by atoms with Gasteiger partial charge in [0.05, 0.1) is 18.8 Å². The predicted molar refractivity (Wildman–Crippen MR) is 100 cm³/mol. The van der Waals surface area contributed by atoms with Gasteiger partial charge in [-0.05, 0) is 19.1 Å². The van der Waals surface area contributed by atoms with Crippen molar-refractivity contribution in [1.82, 2.24) is 14.7 Å². The maximum atomic E-state index is 12.3. The van der Waals surface area contributed by atoms with Crippen LogP contribution in [0.5, 0.6) is 5.75 Å². The number of para-hydroxylation sites is 2. The quantitative estimate of drug-likeness (QED) is 0.779. The molecule has 2 heterocycles. The van der Waals surface area contributed by atoms with Crippen molar-refractivity contribution >= 4 is 23.4 Å². The first-order valence-electron chi connectivity index (χ1n) is 9.28. The van der Waals surface area contributed by atoms with E-state index in [1.807, 2.05) is 31.2 Å². The number of anilines is 1. The molecule has 0 spiro atoms. The van der Waals surface area contributed by atoms with Crippen LogP contribution in [0.1, 0.15) is 13.3 Å². The van der Waals surface area contributed by atoms with Crippen molar-refractivity contribution in [1.29, 1.82) is 0 Å². The summed E-state index contributed by atoms with van der Waals surface area (Å²) >= 11 is 0. The lowest BCUT2D eigenvalue weighted by molar-refractivity contribution is -0.158. The number of amides is 3. The highest BCUT2D eigenvalue weighted by Crippen LogP contribution is 2.24. The average molecular weight is 374 g/mol. The Kier molecular flexibility index (Phi) is 5.95. The number of ether oxygens (including phenoxy) is 1. The number of hydrogen-bond acceptors (Lipinski definition) is 5. The minimum absolute atomic E-state index is 0.00738. The molecule has 0 aliphatic carbocycles. The fourth-order valence-electron chi connectivity index (χ4n) is 3.50. The van der Waals surface area contributed by atoms with Crippen LogP contribution in [0.4, 0.5) is 5.69 Å². The molecule has 2 saturated heterocycles. The van der Waals surface area contributed by atoms with E-state index in [1.165, 1.54) is 4.90 Å². The lowest BCUT2D eigenvalue weighted by atomic mass is 10.1. The van der Waals surface area contributed by atoms with Gasteiger partial charge in [-0.3, -0.25) is 19.3 Å². The number of carbonyl (C=O) groups is 3. The molecule has 0 unspecified atom stereocenters. The number of carbonyl (C=O) groups excluding carboxylic acids is 3. The zero-order valence-corrected chi connectivity index (χ0v) is 15.8. The van der Waals surface area contributed by atoms with Crippen LogP contribution in [-0.2, 0) is 14.4 Å². The van der Waals surface area contributed by atoms with Gasteiger partial charge in [-0.25, -0.2) is 0 Å². The molecular weight excluding hydrogens is 348 g/mol. The molecule has 27 heavy (non-hydrogen) atoms. The zero-order valence-electron chi connectivity index (χ0n) is 15.8. The lowest BCUT2D eigenvalue weighted by Crippen LogP contribution is -2.66. The monoisotopic (exact) mass is 374 g/mol. The van der Waals surface area contributed by atoms with E-state index < -0.39 is 6.04 Å². The molecule has 0 bridgehead atoms. The number of nitrogens with zero attached hydrogens (tertiary/aromatic N) is 3. The van der Waals surface area contributed by atoms with E-state index in [4.69, 9.17) is 4.74 Å². The Labute approximate surface area is 159 Å². The highest BCUT2D eigenvalue weighted by atomic mass is 16.5. The summed E-state index contributed by atoms with van der Waals surface area (Å²) in [4.78, 5) is 42.0. The molecule has 2 aliphatic rings. The summed E-state index contributed by atoms with van der Waals surface area (Å²) in [6.45, 7) is 4.78. The van der Waals surface area contributed by atoms with Gasteiger partial charge in [-0.1, -0.05) is 12.1 Å². The van der Waals surface area contributed by atoms with Crippen LogP contribution >= 0.6 is 0 Å². The summed E-state index contributed by atoms with van der Waals surface area (Å²) in [7, 11) is 1.65. The van der Waals surface area contributed by atoms with Crippen molar-refractivity contribution in [2.24, 2.45) is 0 Å². The van der Waals surface area contributed by atoms with E-state index >= 15 is 0 Å². The van der Waals surface area contributed by atoms with Gasteiger partial charge in [-0.2, -0.15) is 0 Å². The Hall–Kier alpha value is -2.61. The van der Waals surface area contributed by atoms with Crippen molar-refractivity contribution in [3.63, 3.8) is 0 Å². The van der Waals surface area contributed by atoms with Gasteiger partial charge in [0, 0.05) is 39.6 Å². The van der Waals surface area contributed by atoms with Crippen molar-refractivity contribution in [2.75, 3.05) is 51.7 Å². The molecule has 2 aliphatic heterocycles. The Morgan fingerprint density at radius 1 is 1.26 bits per heavy atom. The molecule has 1 N–H and O–H groups in total. The second-order valence-electron chi connectivity index (χ2n) is 6.83. The molecule has 1 aromatic rings. The molecule has 146 valence electrons. The van der Waals surface area contributed by atoms with Crippen molar-refractivity contribution < 1.29 is 19.1 Å². The first-order valence-corrected chi connectivity index (χ1v) is 9.28. The predicted octanol–water partition coefficient (Wildman–Crippen LogP) is 0.399. The molecule has 1 aromatic carbocycles. The third kappa shape index (κ3) is 4.39. The number of benzene rings is 1. The van der Waals surface area contributed by atoms with Crippen LogP contribution in [0.25, 0.3) is 0 Å². The van der Waals surface area contributed by atoms with Crippen LogP contribution in [0.2, 0.25) is 0 Å². The summed E-state index contributed by atoms with van der Waals surface area (Å²) in [5.41, 5.74) is 0.656. The summed E-state index contributed by atoms with van der Waals surface area (Å²) in [5, 5.41) is 2.88. The summed E-state index contributed by atoms with van der Waals surface area (Å²) in [6, 6.07) is 6.90. The van der Waals surface area contributed by atoms with Gasteiger partial charge in [-0.15, -0.1) is 0 Å². The van der Waals surface area contributed by atoms with Crippen LogP contribution in [0.15, 0.2) is 24.3 Å². The minimum Gasteiger partial charge on any atom is -0.492 e. The lowest BCUT2D eigenvalue weighted by Gasteiger charge is -2.45. The molecule has 0 aromatic heterocycles. The normalized spacial score (nSPS) is 20.4. The number of nitrogens with one attached hydrogen (secondary N) is 1.